The van der Waals surface area contributed by atoms with Gasteiger partial charge in [0.05, 0.1) is 6.10 Å². The molecule has 0 heterocycles. The number of nitrogens with zero attached hydrogens (tertiary/aromatic N) is 2. The molecule has 0 bridgehead atoms. The summed E-state index contributed by atoms with van der Waals surface area (Å²) >= 11 is 0. The van der Waals surface area contributed by atoms with Crippen LogP contribution in [-0.4, -0.2) is 64.8 Å². The lowest BCUT2D eigenvalue weighted by Crippen LogP contribution is -2.45. The van der Waals surface area contributed by atoms with Crippen molar-refractivity contribution >= 4 is 12.0 Å². The first-order valence-electron chi connectivity index (χ1n) is 6.30. The van der Waals surface area contributed by atoms with Crippen molar-refractivity contribution in [1.82, 2.24) is 9.80 Å². The van der Waals surface area contributed by atoms with Gasteiger partial charge in [-0.1, -0.05) is 0 Å². The zero-order chi connectivity index (χ0) is 13.7. The number of hydrogen-bond donors (Lipinski definition) is 2. The summed E-state index contributed by atoms with van der Waals surface area (Å²) < 4.78 is 0. The summed E-state index contributed by atoms with van der Waals surface area (Å²) in [5.41, 5.74) is 0. The second-order valence-electron chi connectivity index (χ2n) is 5.06. The number of carbonyl (C=O) groups excluding carboxylic acids is 1. The number of aliphatic hydroxyl groups is 1. The molecule has 2 N–H and O–H groups in total. The van der Waals surface area contributed by atoms with Crippen LogP contribution >= 0.6 is 0 Å². The molecule has 1 rings (SSSR count). The van der Waals surface area contributed by atoms with E-state index in [2.05, 4.69) is 0 Å². The van der Waals surface area contributed by atoms with Crippen molar-refractivity contribution in [2.24, 2.45) is 5.92 Å². The lowest BCUT2D eigenvalue weighted by molar-refractivity contribution is -0.137. The number of hydrogen-bond acceptors (Lipinski definition) is 3. The molecule has 104 valence electrons. The Kier molecular flexibility index (Phi) is 5.40. The van der Waals surface area contributed by atoms with E-state index in [1.165, 1.54) is 9.80 Å². The molecule has 1 atom stereocenters. The Morgan fingerprint density at radius 3 is 2.44 bits per heavy atom. The van der Waals surface area contributed by atoms with Crippen LogP contribution in [0.25, 0.3) is 0 Å². The van der Waals surface area contributed by atoms with Gasteiger partial charge in [0.25, 0.3) is 0 Å². The Bertz CT molecular complexity index is 302. The molecule has 0 aliphatic heterocycles. The van der Waals surface area contributed by atoms with Crippen LogP contribution in [0.5, 0.6) is 0 Å². The lowest BCUT2D eigenvalue weighted by atomic mass is 10.3. The third-order valence-electron chi connectivity index (χ3n) is 2.98. The fourth-order valence-electron chi connectivity index (χ4n) is 1.70. The number of carboxylic acids is 1. The Labute approximate surface area is 107 Å². The normalized spacial score (nSPS) is 16.2. The van der Waals surface area contributed by atoms with E-state index in [4.69, 9.17) is 5.11 Å². The summed E-state index contributed by atoms with van der Waals surface area (Å²) in [5, 5.41) is 18.0. The molecule has 1 unspecified atom stereocenters. The highest BCUT2D eigenvalue weighted by Gasteiger charge is 2.29. The van der Waals surface area contributed by atoms with E-state index in [0.717, 1.165) is 12.8 Å². The molecule has 6 heteroatoms. The quantitative estimate of drug-likeness (QED) is 0.701. The summed E-state index contributed by atoms with van der Waals surface area (Å²) in [4.78, 5) is 25.7. The highest BCUT2D eigenvalue weighted by Crippen LogP contribution is 2.29. The Balaban J connectivity index is 2.47. The fraction of sp³-hybridized carbons (Fsp3) is 0.833. The largest absolute Gasteiger partial charge is 0.480 e. The average molecular weight is 258 g/mol. The molecule has 1 aliphatic carbocycles. The minimum absolute atomic E-state index is 0.256. The topological polar surface area (TPSA) is 81.1 Å². The summed E-state index contributed by atoms with van der Waals surface area (Å²) in [7, 11) is 1.63. The summed E-state index contributed by atoms with van der Waals surface area (Å²) in [6, 6.07) is -0.273. The van der Waals surface area contributed by atoms with Gasteiger partial charge in [0.1, 0.15) is 6.54 Å². The number of aliphatic carboxylic acids is 1. The second kappa shape index (κ2) is 6.58. The fourth-order valence-corrected chi connectivity index (χ4v) is 1.70. The lowest BCUT2D eigenvalue weighted by Gasteiger charge is -2.27. The van der Waals surface area contributed by atoms with Crippen LogP contribution in [-0.2, 0) is 4.79 Å². The van der Waals surface area contributed by atoms with E-state index >= 15 is 0 Å². The van der Waals surface area contributed by atoms with Crippen molar-refractivity contribution in [3.63, 3.8) is 0 Å². The standard InChI is InChI=1S/C12H22N2O4/c1-9(15)5-6-13(2)12(18)14(8-11(16)17)7-10-3-4-10/h9-10,15H,3-8H2,1-2H3,(H,16,17). The van der Waals surface area contributed by atoms with Crippen LogP contribution < -0.4 is 0 Å². The minimum Gasteiger partial charge on any atom is -0.480 e. The van der Waals surface area contributed by atoms with Crippen molar-refractivity contribution in [3.8, 4) is 0 Å². The van der Waals surface area contributed by atoms with Crippen molar-refractivity contribution < 1.29 is 19.8 Å². The van der Waals surface area contributed by atoms with Gasteiger partial charge >= 0.3 is 12.0 Å². The van der Waals surface area contributed by atoms with Gasteiger partial charge in [-0.25, -0.2) is 4.79 Å². The van der Waals surface area contributed by atoms with Gasteiger partial charge in [0.2, 0.25) is 0 Å². The molecule has 0 radical (unpaired) electrons. The second-order valence-corrected chi connectivity index (χ2v) is 5.06. The van der Waals surface area contributed by atoms with Crippen LogP contribution in [0.2, 0.25) is 0 Å². The van der Waals surface area contributed by atoms with E-state index in [9.17, 15) is 14.7 Å². The van der Waals surface area contributed by atoms with Crippen LogP contribution in [0.1, 0.15) is 26.2 Å². The molecule has 0 aromatic heterocycles. The molecule has 1 fully saturated rings. The summed E-state index contributed by atoms with van der Waals surface area (Å²) in [6.07, 6.45) is 2.17. The average Bonchev–Trinajstić information content (AvgIpc) is 3.07. The molecule has 18 heavy (non-hydrogen) atoms. The van der Waals surface area contributed by atoms with E-state index in [1.807, 2.05) is 0 Å². The first-order chi connectivity index (χ1) is 8.40. The maximum absolute atomic E-state index is 12.1. The van der Waals surface area contributed by atoms with E-state index in [1.54, 1.807) is 14.0 Å². The summed E-state index contributed by atoms with van der Waals surface area (Å²) in [5.74, 6) is -0.536. The number of carboxylic acid groups (broad SMARTS) is 1. The van der Waals surface area contributed by atoms with Crippen LogP contribution in [0.4, 0.5) is 4.79 Å². The van der Waals surface area contributed by atoms with Crippen LogP contribution in [0.15, 0.2) is 0 Å². The molecule has 0 aromatic rings. The zero-order valence-corrected chi connectivity index (χ0v) is 11.0. The molecule has 0 aromatic carbocycles. The molecule has 1 saturated carbocycles. The van der Waals surface area contributed by atoms with Crippen LogP contribution in [0.3, 0.4) is 0 Å². The first-order valence-corrected chi connectivity index (χ1v) is 6.30. The highest BCUT2D eigenvalue weighted by molar-refractivity contribution is 5.80. The SMILES string of the molecule is CC(O)CCN(C)C(=O)N(CC(=O)O)CC1CC1. The number of carbonyl (C=O) groups is 2. The Morgan fingerprint density at radius 2 is 2.00 bits per heavy atom. The van der Waals surface area contributed by atoms with Gasteiger partial charge < -0.3 is 20.0 Å². The van der Waals surface area contributed by atoms with Crippen molar-refractivity contribution in [2.45, 2.75) is 32.3 Å². The maximum atomic E-state index is 12.1. The Hall–Kier alpha value is -1.30. The molecular formula is C12H22N2O4. The monoisotopic (exact) mass is 258 g/mol. The van der Waals surface area contributed by atoms with E-state index < -0.39 is 12.1 Å². The van der Waals surface area contributed by atoms with Gasteiger partial charge in [-0.3, -0.25) is 4.79 Å². The van der Waals surface area contributed by atoms with Gasteiger partial charge in [0, 0.05) is 20.1 Å². The van der Waals surface area contributed by atoms with Gasteiger partial charge in [-0.2, -0.15) is 0 Å². The van der Waals surface area contributed by atoms with Crippen molar-refractivity contribution in [1.29, 1.82) is 0 Å². The number of aliphatic hydroxyl groups excluding tert-OH is 1. The smallest absolute Gasteiger partial charge is 0.323 e. The predicted octanol–water partition coefficient (Wildman–Crippen LogP) is 0.606. The first kappa shape index (κ1) is 14.8. The summed E-state index contributed by atoms with van der Waals surface area (Å²) in [6.45, 7) is 2.35. The molecule has 2 amide bonds. The maximum Gasteiger partial charge on any atom is 0.323 e. The molecule has 1 aliphatic rings. The zero-order valence-electron chi connectivity index (χ0n) is 11.0. The molecule has 0 spiro atoms. The highest BCUT2D eigenvalue weighted by atomic mass is 16.4. The van der Waals surface area contributed by atoms with E-state index in [0.29, 0.717) is 25.4 Å². The number of rotatable bonds is 7. The number of urea groups is 1. The van der Waals surface area contributed by atoms with Crippen molar-refractivity contribution in [3.05, 3.63) is 0 Å². The van der Waals surface area contributed by atoms with Crippen LogP contribution in [0, 0.1) is 5.92 Å². The molecular weight excluding hydrogens is 236 g/mol. The Morgan fingerprint density at radius 1 is 1.39 bits per heavy atom. The van der Waals surface area contributed by atoms with Crippen molar-refractivity contribution in [2.75, 3.05) is 26.7 Å². The van der Waals surface area contributed by atoms with Gasteiger partial charge in [0.15, 0.2) is 0 Å². The minimum atomic E-state index is -0.993. The number of amides is 2. The molecule has 6 nitrogen and oxygen atoms in total. The van der Waals surface area contributed by atoms with E-state index in [-0.39, 0.29) is 12.6 Å². The predicted molar refractivity (Wildman–Crippen MR) is 66.3 cm³/mol. The third kappa shape index (κ3) is 5.35. The third-order valence-corrected chi connectivity index (χ3v) is 2.98. The molecule has 0 saturated heterocycles. The van der Waals surface area contributed by atoms with Gasteiger partial charge in [-0.15, -0.1) is 0 Å². The van der Waals surface area contributed by atoms with Gasteiger partial charge in [-0.05, 0) is 32.1 Å².